The number of aromatic nitrogens is 2. The fourth-order valence-electron chi connectivity index (χ4n) is 2.80. The summed E-state index contributed by atoms with van der Waals surface area (Å²) in [6, 6.07) is 8.28. The summed E-state index contributed by atoms with van der Waals surface area (Å²) < 4.78 is 0. The first-order chi connectivity index (χ1) is 10.3. The fraction of sp³-hybridized carbons (Fsp3) is 0.500. The van der Waals surface area contributed by atoms with Crippen LogP contribution in [0.25, 0.3) is 10.9 Å². The van der Waals surface area contributed by atoms with E-state index in [0.717, 1.165) is 55.4 Å². The van der Waals surface area contributed by atoms with Crippen molar-refractivity contribution in [2.24, 2.45) is 0 Å². The molecule has 2 aromatic rings. The van der Waals surface area contributed by atoms with E-state index in [-0.39, 0.29) is 0 Å². The summed E-state index contributed by atoms with van der Waals surface area (Å²) >= 11 is 0. The van der Waals surface area contributed by atoms with Gasteiger partial charge in [0.05, 0.1) is 5.52 Å². The van der Waals surface area contributed by atoms with Crippen LogP contribution in [0.15, 0.2) is 24.3 Å². The average molecular weight is 285 g/mol. The van der Waals surface area contributed by atoms with Crippen molar-refractivity contribution in [2.45, 2.75) is 13.3 Å². The largest absolute Gasteiger partial charge is 0.355 e. The Morgan fingerprint density at radius 2 is 1.95 bits per heavy atom. The van der Waals surface area contributed by atoms with Gasteiger partial charge >= 0.3 is 0 Å². The summed E-state index contributed by atoms with van der Waals surface area (Å²) in [6.45, 7) is 7.20. The van der Waals surface area contributed by atoms with Crippen LogP contribution in [0.3, 0.4) is 0 Å². The molecular formula is C16H23N5. The minimum Gasteiger partial charge on any atom is -0.355 e. The lowest BCUT2D eigenvalue weighted by molar-refractivity contribution is 0.360. The number of hydrogen-bond acceptors (Lipinski definition) is 5. The standard InChI is InChI=1S/C16H23N5/c1-3-17-16-18-14-8-5-4-7-13(14)15(19-16)21-10-6-9-20(2)11-12-21/h4-5,7-8H,3,6,9-12H2,1-2H3,(H,17,18,19). The maximum Gasteiger partial charge on any atom is 0.225 e. The molecule has 0 aliphatic carbocycles. The Bertz CT molecular complexity index is 613. The number of rotatable bonds is 3. The number of likely N-dealkylation sites (N-methyl/N-ethyl adjacent to an activating group) is 1. The Morgan fingerprint density at radius 1 is 1.10 bits per heavy atom. The summed E-state index contributed by atoms with van der Waals surface area (Å²) in [4.78, 5) is 14.1. The van der Waals surface area contributed by atoms with Gasteiger partial charge in [0.25, 0.3) is 0 Å². The van der Waals surface area contributed by atoms with Crippen molar-refractivity contribution >= 4 is 22.7 Å². The minimum atomic E-state index is 0.726. The molecule has 1 saturated heterocycles. The predicted octanol–water partition coefficient (Wildman–Crippen LogP) is 2.20. The Kier molecular flexibility index (Phi) is 4.20. The molecule has 1 aromatic heterocycles. The molecule has 5 nitrogen and oxygen atoms in total. The molecule has 1 aromatic carbocycles. The van der Waals surface area contributed by atoms with Gasteiger partial charge in [0.2, 0.25) is 5.95 Å². The van der Waals surface area contributed by atoms with Crippen molar-refractivity contribution in [2.75, 3.05) is 50.0 Å². The second-order valence-electron chi connectivity index (χ2n) is 5.56. The highest BCUT2D eigenvalue weighted by Crippen LogP contribution is 2.26. The first-order valence-corrected chi connectivity index (χ1v) is 7.72. The molecule has 21 heavy (non-hydrogen) atoms. The highest BCUT2D eigenvalue weighted by Gasteiger charge is 2.17. The Morgan fingerprint density at radius 3 is 2.81 bits per heavy atom. The molecular weight excluding hydrogens is 262 g/mol. The van der Waals surface area contributed by atoms with Crippen LogP contribution in [0.1, 0.15) is 13.3 Å². The molecule has 0 amide bonds. The summed E-state index contributed by atoms with van der Waals surface area (Å²) in [5.41, 5.74) is 1.01. The molecule has 1 aliphatic heterocycles. The van der Waals surface area contributed by atoms with Crippen molar-refractivity contribution in [3.8, 4) is 0 Å². The number of anilines is 2. The molecule has 1 aliphatic rings. The monoisotopic (exact) mass is 285 g/mol. The Labute approximate surface area is 126 Å². The summed E-state index contributed by atoms with van der Waals surface area (Å²) in [7, 11) is 2.19. The number of benzene rings is 1. The molecule has 0 saturated carbocycles. The third-order valence-corrected chi connectivity index (χ3v) is 3.94. The van der Waals surface area contributed by atoms with Gasteiger partial charge in [0, 0.05) is 31.6 Å². The number of para-hydroxylation sites is 1. The van der Waals surface area contributed by atoms with Gasteiger partial charge in [-0.25, -0.2) is 4.98 Å². The zero-order valence-corrected chi connectivity index (χ0v) is 12.8. The third-order valence-electron chi connectivity index (χ3n) is 3.94. The van der Waals surface area contributed by atoms with Gasteiger partial charge in [0.15, 0.2) is 0 Å². The molecule has 1 fully saturated rings. The van der Waals surface area contributed by atoms with Gasteiger partial charge in [-0.1, -0.05) is 12.1 Å². The normalized spacial score (nSPS) is 17.0. The second-order valence-corrected chi connectivity index (χ2v) is 5.56. The van der Waals surface area contributed by atoms with E-state index < -0.39 is 0 Å². The number of fused-ring (bicyclic) bond motifs is 1. The fourth-order valence-corrected chi connectivity index (χ4v) is 2.80. The summed E-state index contributed by atoms with van der Waals surface area (Å²) in [5.74, 6) is 1.79. The third kappa shape index (κ3) is 3.08. The summed E-state index contributed by atoms with van der Waals surface area (Å²) in [5, 5.41) is 4.39. The van der Waals surface area contributed by atoms with Crippen LogP contribution in [0.5, 0.6) is 0 Å². The average Bonchev–Trinajstić information content (AvgIpc) is 2.71. The highest BCUT2D eigenvalue weighted by atomic mass is 15.3. The number of hydrogen-bond donors (Lipinski definition) is 1. The van der Waals surface area contributed by atoms with Gasteiger partial charge in [-0.3, -0.25) is 0 Å². The molecule has 3 rings (SSSR count). The van der Waals surface area contributed by atoms with Crippen LogP contribution < -0.4 is 10.2 Å². The van der Waals surface area contributed by atoms with Crippen LogP contribution in [0.4, 0.5) is 11.8 Å². The number of nitrogens with zero attached hydrogens (tertiary/aromatic N) is 4. The van der Waals surface area contributed by atoms with E-state index in [9.17, 15) is 0 Å². The van der Waals surface area contributed by atoms with Crippen molar-refractivity contribution in [3.05, 3.63) is 24.3 Å². The van der Waals surface area contributed by atoms with E-state index in [4.69, 9.17) is 4.98 Å². The molecule has 0 atom stereocenters. The first kappa shape index (κ1) is 14.1. The quantitative estimate of drug-likeness (QED) is 0.936. The van der Waals surface area contributed by atoms with Crippen LogP contribution in [-0.4, -0.2) is 54.6 Å². The smallest absolute Gasteiger partial charge is 0.225 e. The maximum absolute atomic E-state index is 4.77. The van der Waals surface area contributed by atoms with Crippen LogP contribution in [0, 0.1) is 0 Å². The lowest BCUT2D eigenvalue weighted by atomic mass is 10.2. The van der Waals surface area contributed by atoms with E-state index in [1.165, 1.54) is 6.42 Å². The van der Waals surface area contributed by atoms with Gasteiger partial charge in [0.1, 0.15) is 5.82 Å². The zero-order valence-electron chi connectivity index (χ0n) is 12.8. The number of nitrogens with one attached hydrogen (secondary N) is 1. The molecule has 1 N–H and O–H groups in total. The predicted molar refractivity (Wildman–Crippen MR) is 88.0 cm³/mol. The van der Waals surface area contributed by atoms with Gasteiger partial charge in [-0.05, 0) is 39.1 Å². The topological polar surface area (TPSA) is 44.3 Å². The van der Waals surface area contributed by atoms with Crippen LogP contribution in [0.2, 0.25) is 0 Å². The van der Waals surface area contributed by atoms with Crippen molar-refractivity contribution in [1.29, 1.82) is 0 Å². The van der Waals surface area contributed by atoms with Gasteiger partial charge in [-0.15, -0.1) is 0 Å². The second kappa shape index (κ2) is 6.26. The minimum absolute atomic E-state index is 0.726. The zero-order chi connectivity index (χ0) is 14.7. The Hall–Kier alpha value is -1.88. The van der Waals surface area contributed by atoms with Crippen molar-refractivity contribution in [1.82, 2.24) is 14.9 Å². The SMILES string of the molecule is CCNc1nc(N2CCCN(C)CC2)c2ccccc2n1. The highest BCUT2D eigenvalue weighted by molar-refractivity contribution is 5.90. The van der Waals surface area contributed by atoms with Crippen molar-refractivity contribution < 1.29 is 0 Å². The van der Waals surface area contributed by atoms with E-state index in [0.29, 0.717) is 0 Å². The lowest BCUT2D eigenvalue weighted by Gasteiger charge is -2.23. The van der Waals surface area contributed by atoms with Gasteiger partial charge in [-0.2, -0.15) is 4.98 Å². The maximum atomic E-state index is 4.77. The lowest BCUT2D eigenvalue weighted by Crippen LogP contribution is -2.29. The molecule has 0 unspecified atom stereocenters. The van der Waals surface area contributed by atoms with E-state index >= 15 is 0 Å². The molecule has 0 bridgehead atoms. The van der Waals surface area contributed by atoms with E-state index in [1.807, 2.05) is 6.07 Å². The first-order valence-electron chi connectivity index (χ1n) is 7.72. The Balaban J connectivity index is 2.02. The van der Waals surface area contributed by atoms with Crippen LogP contribution in [-0.2, 0) is 0 Å². The molecule has 5 heteroatoms. The molecule has 0 radical (unpaired) electrons. The van der Waals surface area contributed by atoms with E-state index in [1.54, 1.807) is 0 Å². The molecule has 112 valence electrons. The summed E-state index contributed by atoms with van der Waals surface area (Å²) in [6.07, 6.45) is 1.17. The molecule has 0 spiro atoms. The van der Waals surface area contributed by atoms with E-state index in [2.05, 4.69) is 52.3 Å². The van der Waals surface area contributed by atoms with Crippen LogP contribution >= 0.6 is 0 Å². The molecule has 2 heterocycles. The van der Waals surface area contributed by atoms with Gasteiger partial charge < -0.3 is 15.1 Å². The van der Waals surface area contributed by atoms with Crippen molar-refractivity contribution in [3.63, 3.8) is 0 Å².